The standard InChI is InChI=1S/C21H31N5O3S/c1-16-20(17(2)26(23-16)14-18-7-5-4-6-8-18)13-22-21(27)15-25-11-9-19(10-12-25)24-30(3,28)29/h4-8,19,24H,9-15H2,1-3H3,(H,22,27). The minimum atomic E-state index is -3.19. The first-order valence-electron chi connectivity index (χ1n) is 10.2. The third kappa shape index (κ3) is 6.38. The molecule has 1 aliphatic heterocycles. The van der Waals surface area contributed by atoms with Gasteiger partial charge in [0.2, 0.25) is 15.9 Å². The number of aryl methyl sites for hydroxylation is 1. The van der Waals surface area contributed by atoms with Crippen LogP contribution in [0, 0.1) is 13.8 Å². The fourth-order valence-electron chi connectivity index (χ4n) is 3.86. The van der Waals surface area contributed by atoms with Crippen LogP contribution in [-0.2, 0) is 27.9 Å². The van der Waals surface area contributed by atoms with Crippen LogP contribution in [0.4, 0.5) is 0 Å². The van der Waals surface area contributed by atoms with Gasteiger partial charge in [0.25, 0.3) is 0 Å². The quantitative estimate of drug-likeness (QED) is 0.652. The van der Waals surface area contributed by atoms with Gasteiger partial charge in [-0.3, -0.25) is 14.4 Å². The number of carbonyl (C=O) groups is 1. The molecule has 0 saturated carbocycles. The molecule has 0 aliphatic carbocycles. The Hall–Kier alpha value is -2.23. The molecular weight excluding hydrogens is 402 g/mol. The number of amides is 1. The van der Waals surface area contributed by atoms with E-state index < -0.39 is 10.0 Å². The number of nitrogens with zero attached hydrogens (tertiary/aromatic N) is 3. The molecule has 164 valence electrons. The van der Waals surface area contributed by atoms with Crippen LogP contribution in [-0.4, -0.2) is 60.9 Å². The van der Waals surface area contributed by atoms with Gasteiger partial charge >= 0.3 is 0 Å². The van der Waals surface area contributed by atoms with E-state index in [9.17, 15) is 13.2 Å². The molecule has 0 unspecified atom stereocenters. The lowest BCUT2D eigenvalue weighted by molar-refractivity contribution is -0.122. The third-order valence-electron chi connectivity index (χ3n) is 5.50. The SMILES string of the molecule is Cc1nn(Cc2ccccc2)c(C)c1CNC(=O)CN1CCC(NS(C)(=O)=O)CC1. The van der Waals surface area contributed by atoms with E-state index in [1.54, 1.807) is 0 Å². The van der Waals surface area contributed by atoms with E-state index >= 15 is 0 Å². The Morgan fingerprint density at radius 3 is 2.47 bits per heavy atom. The van der Waals surface area contributed by atoms with Crippen LogP contribution in [0.3, 0.4) is 0 Å². The molecule has 1 amide bonds. The van der Waals surface area contributed by atoms with Crippen molar-refractivity contribution < 1.29 is 13.2 Å². The zero-order valence-corrected chi connectivity index (χ0v) is 18.7. The molecule has 30 heavy (non-hydrogen) atoms. The Kier molecular flexibility index (Phi) is 7.27. The maximum absolute atomic E-state index is 12.4. The van der Waals surface area contributed by atoms with Crippen LogP contribution in [0.15, 0.2) is 30.3 Å². The van der Waals surface area contributed by atoms with Gasteiger partial charge in [0, 0.05) is 36.9 Å². The van der Waals surface area contributed by atoms with Crippen molar-refractivity contribution in [1.82, 2.24) is 24.7 Å². The molecular formula is C21H31N5O3S. The van der Waals surface area contributed by atoms with Gasteiger partial charge in [-0.2, -0.15) is 5.10 Å². The second-order valence-corrected chi connectivity index (χ2v) is 9.79. The van der Waals surface area contributed by atoms with Crippen molar-refractivity contribution in [2.75, 3.05) is 25.9 Å². The zero-order chi connectivity index (χ0) is 21.7. The number of likely N-dealkylation sites (tertiary alicyclic amines) is 1. The summed E-state index contributed by atoms with van der Waals surface area (Å²) in [6, 6.07) is 10.1. The molecule has 1 fully saturated rings. The van der Waals surface area contributed by atoms with Crippen molar-refractivity contribution in [3.8, 4) is 0 Å². The third-order valence-corrected chi connectivity index (χ3v) is 6.27. The predicted octanol–water partition coefficient (Wildman–Crippen LogP) is 1.18. The summed E-state index contributed by atoms with van der Waals surface area (Å²) in [7, 11) is -3.19. The summed E-state index contributed by atoms with van der Waals surface area (Å²) in [5.41, 5.74) is 4.23. The highest BCUT2D eigenvalue weighted by Crippen LogP contribution is 2.15. The molecule has 2 aromatic rings. The van der Waals surface area contributed by atoms with E-state index in [1.165, 1.54) is 11.8 Å². The predicted molar refractivity (Wildman–Crippen MR) is 117 cm³/mol. The van der Waals surface area contributed by atoms with Crippen molar-refractivity contribution in [3.63, 3.8) is 0 Å². The number of nitrogens with one attached hydrogen (secondary N) is 2. The average molecular weight is 434 g/mol. The first-order chi connectivity index (χ1) is 14.2. The van der Waals surface area contributed by atoms with Crippen LogP contribution >= 0.6 is 0 Å². The molecule has 1 aromatic carbocycles. The van der Waals surface area contributed by atoms with Crippen molar-refractivity contribution in [2.24, 2.45) is 0 Å². The average Bonchev–Trinajstić information content (AvgIpc) is 2.94. The molecule has 0 radical (unpaired) electrons. The van der Waals surface area contributed by atoms with E-state index in [0.29, 0.717) is 45.6 Å². The van der Waals surface area contributed by atoms with Crippen LogP contribution in [0.25, 0.3) is 0 Å². The molecule has 0 atom stereocenters. The van der Waals surface area contributed by atoms with E-state index in [1.807, 2.05) is 36.7 Å². The van der Waals surface area contributed by atoms with Gasteiger partial charge in [0.15, 0.2) is 0 Å². The normalized spacial score (nSPS) is 16.0. The van der Waals surface area contributed by atoms with Crippen molar-refractivity contribution in [3.05, 3.63) is 52.8 Å². The Morgan fingerprint density at radius 2 is 1.83 bits per heavy atom. The molecule has 1 aromatic heterocycles. The topological polar surface area (TPSA) is 96.3 Å². The molecule has 3 rings (SSSR count). The molecule has 0 spiro atoms. The van der Waals surface area contributed by atoms with E-state index in [0.717, 1.165) is 17.0 Å². The van der Waals surface area contributed by atoms with E-state index in [-0.39, 0.29) is 11.9 Å². The molecule has 8 nitrogen and oxygen atoms in total. The number of hydrogen-bond donors (Lipinski definition) is 2. The van der Waals surface area contributed by atoms with Crippen LogP contribution in [0.2, 0.25) is 0 Å². The largest absolute Gasteiger partial charge is 0.351 e. The van der Waals surface area contributed by atoms with Gasteiger partial charge < -0.3 is 5.32 Å². The summed E-state index contributed by atoms with van der Waals surface area (Å²) in [5, 5.41) is 7.64. The van der Waals surface area contributed by atoms with Gasteiger partial charge in [0.05, 0.1) is 25.0 Å². The Morgan fingerprint density at radius 1 is 1.17 bits per heavy atom. The Labute approximate surface area is 178 Å². The second kappa shape index (κ2) is 9.72. The zero-order valence-electron chi connectivity index (χ0n) is 17.9. The minimum absolute atomic E-state index is 0.0286. The van der Waals surface area contributed by atoms with Gasteiger partial charge in [-0.15, -0.1) is 0 Å². The molecule has 2 heterocycles. The van der Waals surface area contributed by atoms with Gasteiger partial charge in [-0.25, -0.2) is 13.1 Å². The Balaban J connectivity index is 1.48. The smallest absolute Gasteiger partial charge is 0.234 e. The fraction of sp³-hybridized carbons (Fsp3) is 0.524. The van der Waals surface area contributed by atoms with Crippen LogP contribution in [0.5, 0.6) is 0 Å². The first-order valence-corrected chi connectivity index (χ1v) is 12.1. The summed E-state index contributed by atoms with van der Waals surface area (Å²) in [5.74, 6) is -0.0286. The van der Waals surface area contributed by atoms with Crippen molar-refractivity contribution in [2.45, 2.75) is 45.8 Å². The van der Waals surface area contributed by atoms with Crippen LogP contribution in [0.1, 0.15) is 35.4 Å². The number of piperidine rings is 1. The van der Waals surface area contributed by atoms with E-state index in [2.05, 4.69) is 32.2 Å². The van der Waals surface area contributed by atoms with Crippen LogP contribution < -0.4 is 10.0 Å². The summed E-state index contributed by atoms with van der Waals surface area (Å²) in [6.45, 7) is 6.89. The molecule has 2 N–H and O–H groups in total. The fourth-order valence-corrected chi connectivity index (χ4v) is 4.70. The van der Waals surface area contributed by atoms with Crippen molar-refractivity contribution >= 4 is 15.9 Å². The van der Waals surface area contributed by atoms with Gasteiger partial charge in [-0.1, -0.05) is 30.3 Å². The van der Waals surface area contributed by atoms with Gasteiger partial charge in [-0.05, 0) is 32.3 Å². The van der Waals surface area contributed by atoms with Crippen molar-refractivity contribution in [1.29, 1.82) is 0 Å². The number of hydrogen-bond acceptors (Lipinski definition) is 5. The van der Waals surface area contributed by atoms with Gasteiger partial charge in [0.1, 0.15) is 0 Å². The number of rotatable bonds is 8. The lowest BCUT2D eigenvalue weighted by atomic mass is 10.1. The number of carbonyl (C=O) groups excluding carboxylic acids is 1. The summed E-state index contributed by atoms with van der Waals surface area (Å²) in [6.07, 6.45) is 2.61. The highest BCUT2D eigenvalue weighted by atomic mass is 32.2. The molecule has 1 saturated heterocycles. The lowest BCUT2D eigenvalue weighted by Gasteiger charge is -2.31. The Bertz CT molecular complexity index is 964. The second-order valence-electron chi connectivity index (χ2n) is 8.01. The monoisotopic (exact) mass is 433 g/mol. The maximum Gasteiger partial charge on any atom is 0.234 e. The number of sulfonamides is 1. The summed E-state index contributed by atoms with van der Waals surface area (Å²) < 4.78 is 27.3. The molecule has 1 aliphatic rings. The minimum Gasteiger partial charge on any atom is -0.351 e. The lowest BCUT2D eigenvalue weighted by Crippen LogP contribution is -2.47. The first kappa shape index (κ1) is 22.5. The number of aromatic nitrogens is 2. The molecule has 9 heteroatoms. The molecule has 0 bridgehead atoms. The number of benzene rings is 1. The maximum atomic E-state index is 12.4. The highest BCUT2D eigenvalue weighted by molar-refractivity contribution is 7.88. The highest BCUT2D eigenvalue weighted by Gasteiger charge is 2.23. The summed E-state index contributed by atoms with van der Waals surface area (Å²) in [4.78, 5) is 14.5. The van der Waals surface area contributed by atoms with E-state index in [4.69, 9.17) is 0 Å². The summed E-state index contributed by atoms with van der Waals surface area (Å²) >= 11 is 0.